The summed E-state index contributed by atoms with van der Waals surface area (Å²) in [4.78, 5) is 0. The zero-order valence-electron chi connectivity index (χ0n) is 11.1. The van der Waals surface area contributed by atoms with E-state index >= 15 is 0 Å². The van der Waals surface area contributed by atoms with Gasteiger partial charge in [0.2, 0.25) is 0 Å². The summed E-state index contributed by atoms with van der Waals surface area (Å²) in [6.07, 6.45) is 12.7. The van der Waals surface area contributed by atoms with Gasteiger partial charge in [0, 0.05) is 13.2 Å². The number of rotatable bonds is 7. The van der Waals surface area contributed by atoms with Crippen LogP contribution >= 0.6 is 0 Å². The van der Waals surface area contributed by atoms with Crippen molar-refractivity contribution in [2.75, 3.05) is 13.2 Å². The summed E-state index contributed by atoms with van der Waals surface area (Å²) in [6.45, 7) is 3.99. The average Bonchev–Trinajstić information content (AvgIpc) is 3.19. The van der Waals surface area contributed by atoms with Crippen LogP contribution in [0, 0.1) is 5.92 Å². The highest BCUT2D eigenvalue weighted by Crippen LogP contribution is 2.38. The molecule has 0 radical (unpaired) electrons. The average molecular weight is 236 g/mol. The molecule has 0 amide bonds. The summed E-state index contributed by atoms with van der Waals surface area (Å²) in [5, 5.41) is 0. The van der Waals surface area contributed by atoms with Gasteiger partial charge in [0.15, 0.2) is 0 Å². The molecule has 1 aliphatic heterocycles. The smallest absolute Gasteiger partial charge is 0.407 e. The Morgan fingerprint density at radius 1 is 1.18 bits per heavy atom. The lowest BCUT2D eigenvalue weighted by atomic mass is 9.73. The summed E-state index contributed by atoms with van der Waals surface area (Å²) in [7, 11) is -0.0116. The fourth-order valence-electron chi connectivity index (χ4n) is 2.39. The predicted molar refractivity (Wildman–Crippen MR) is 71.8 cm³/mol. The van der Waals surface area contributed by atoms with Crippen LogP contribution in [0.2, 0.25) is 0 Å². The van der Waals surface area contributed by atoms with Gasteiger partial charge in [0.1, 0.15) is 0 Å². The molecule has 1 saturated heterocycles. The molecule has 2 aliphatic rings. The number of hydrogen-bond donors (Lipinski definition) is 0. The first kappa shape index (κ1) is 13.2. The maximum atomic E-state index is 5.73. The molecule has 2 nitrogen and oxygen atoms in total. The molecule has 3 heteroatoms. The SMILES string of the molecule is CCCCCC/C=C(\B1OCCCO1)C1CC1. The van der Waals surface area contributed by atoms with Crippen molar-refractivity contribution in [3.63, 3.8) is 0 Å². The lowest BCUT2D eigenvalue weighted by molar-refractivity contribution is 0.139. The van der Waals surface area contributed by atoms with Crippen LogP contribution in [0.5, 0.6) is 0 Å². The summed E-state index contributed by atoms with van der Waals surface area (Å²) < 4.78 is 11.5. The largest absolute Gasteiger partial charge is 0.489 e. The number of unbranched alkanes of at least 4 members (excludes halogenated alkanes) is 4. The van der Waals surface area contributed by atoms with Crippen LogP contribution in [0.3, 0.4) is 0 Å². The highest BCUT2D eigenvalue weighted by atomic mass is 16.6. The van der Waals surface area contributed by atoms with E-state index in [1.807, 2.05) is 0 Å². The zero-order valence-corrected chi connectivity index (χ0v) is 11.1. The third kappa shape index (κ3) is 4.48. The lowest BCUT2D eigenvalue weighted by Crippen LogP contribution is -2.32. The minimum atomic E-state index is -0.0116. The van der Waals surface area contributed by atoms with Crippen molar-refractivity contribution in [2.24, 2.45) is 5.92 Å². The first-order valence-corrected chi connectivity index (χ1v) is 7.35. The molecular formula is C14H25BO2. The van der Waals surface area contributed by atoms with E-state index in [0.29, 0.717) is 0 Å². The molecule has 1 saturated carbocycles. The predicted octanol–water partition coefficient (Wildman–Crippen LogP) is 3.76. The topological polar surface area (TPSA) is 18.5 Å². The van der Waals surface area contributed by atoms with Crippen LogP contribution in [0.15, 0.2) is 11.5 Å². The molecule has 17 heavy (non-hydrogen) atoms. The van der Waals surface area contributed by atoms with Crippen LogP contribution in [0.25, 0.3) is 0 Å². The molecule has 2 rings (SSSR count). The van der Waals surface area contributed by atoms with Crippen molar-refractivity contribution in [1.29, 1.82) is 0 Å². The third-order valence-electron chi connectivity index (χ3n) is 3.59. The van der Waals surface area contributed by atoms with Gasteiger partial charge in [-0.3, -0.25) is 0 Å². The van der Waals surface area contributed by atoms with E-state index in [1.54, 1.807) is 0 Å². The van der Waals surface area contributed by atoms with Gasteiger partial charge >= 0.3 is 7.12 Å². The van der Waals surface area contributed by atoms with Gasteiger partial charge in [-0.25, -0.2) is 0 Å². The molecule has 0 spiro atoms. The van der Waals surface area contributed by atoms with Crippen LogP contribution in [0.1, 0.15) is 58.3 Å². The van der Waals surface area contributed by atoms with Crippen molar-refractivity contribution >= 4 is 7.12 Å². The Balaban J connectivity index is 1.76. The van der Waals surface area contributed by atoms with Crippen LogP contribution < -0.4 is 0 Å². The second-order valence-electron chi connectivity index (χ2n) is 5.25. The minimum absolute atomic E-state index is 0.0116. The van der Waals surface area contributed by atoms with E-state index in [4.69, 9.17) is 9.31 Å². The normalized spacial score (nSPS) is 21.9. The summed E-state index contributed by atoms with van der Waals surface area (Å²) >= 11 is 0. The van der Waals surface area contributed by atoms with Crippen molar-refractivity contribution in [1.82, 2.24) is 0 Å². The van der Waals surface area contributed by atoms with E-state index in [-0.39, 0.29) is 7.12 Å². The molecule has 0 N–H and O–H groups in total. The summed E-state index contributed by atoms with van der Waals surface area (Å²) in [5.41, 5.74) is 1.45. The molecule has 1 aliphatic carbocycles. The molecule has 96 valence electrons. The summed E-state index contributed by atoms with van der Waals surface area (Å²) in [5.74, 6) is 0.768. The third-order valence-corrected chi connectivity index (χ3v) is 3.59. The van der Waals surface area contributed by atoms with Crippen molar-refractivity contribution in [3.05, 3.63) is 11.5 Å². The Hall–Kier alpha value is -0.275. The highest BCUT2D eigenvalue weighted by molar-refractivity contribution is 6.54. The Bertz CT molecular complexity index is 243. The standard InChI is InChI=1S/C14H25BO2/c1-2-3-4-5-6-8-14(13-9-10-13)15-16-11-7-12-17-15/h8,13H,2-7,9-12H2,1H3/b14-8-. The van der Waals surface area contributed by atoms with Crippen molar-refractivity contribution in [3.8, 4) is 0 Å². The lowest BCUT2D eigenvalue weighted by Gasteiger charge is -2.22. The Morgan fingerprint density at radius 3 is 2.59 bits per heavy atom. The van der Waals surface area contributed by atoms with E-state index in [1.165, 1.54) is 50.4 Å². The summed E-state index contributed by atoms with van der Waals surface area (Å²) in [6, 6.07) is 0. The molecule has 0 aromatic carbocycles. The van der Waals surface area contributed by atoms with Gasteiger partial charge in [0.05, 0.1) is 0 Å². The molecule has 0 aromatic rings. The molecule has 0 atom stereocenters. The first-order chi connectivity index (χ1) is 8.42. The van der Waals surface area contributed by atoms with E-state index < -0.39 is 0 Å². The Labute approximate surface area is 106 Å². The van der Waals surface area contributed by atoms with Gasteiger partial charge in [-0.2, -0.15) is 0 Å². The highest BCUT2D eigenvalue weighted by Gasteiger charge is 2.37. The molecule has 0 aromatic heterocycles. The van der Waals surface area contributed by atoms with Crippen LogP contribution in [-0.4, -0.2) is 20.3 Å². The van der Waals surface area contributed by atoms with Crippen molar-refractivity contribution in [2.45, 2.75) is 58.3 Å². The van der Waals surface area contributed by atoms with Gasteiger partial charge in [-0.05, 0) is 43.5 Å². The monoisotopic (exact) mass is 236 g/mol. The Morgan fingerprint density at radius 2 is 1.94 bits per heavy atom. The maximum absolute atomic E-state index is 5.73. The van der Waals surface area contributed by atoms with E-state index in [9.17, 15) is 0 Å². The van der Waals surface area contributed by atoms with Gasteiger partial charge < -0.3 is 9.31 Å². The zero-order chi connectivity index (χ0) is 11.9. The van der Waals surface area contributed by atoms with E-state index in [0.717, 1.165) is 25.6 Å². The fourth-order valence-corrected chi connectivity index (χ4v) is 2.39. The van der Waals surface area contributed by atoms with Gasteiger partial charge in [-0.15, -0.1) is 0 Å². The maximum Gasteiger partial charge on any atom is 0.489 e. The van der Waals surface area contributed by atoms with Crippen LogP contribution in [0.4, 0.5) is 0 Å². The molecular weight excluding hydrogens is 211 g/mol. The first-order valence-electron chi connectivity index (χ1n) is 7.35. The fraction of sp³-hybridized carbons (Fsp3) is 0.857. The minimum Gasteiger partial charge on any atom is -0.407 e. The second kappa shape index (κ2) is 7.22. The molecule has 0 bridgehead atoms. The van der Waals surface area contributed by atoms with Gasteiger partial charge in [0.25, 0.3) is 0 Å². The molecule has 0 unspecified atom stereocenters. The number of hydrogen-bond acceptors (Lipinski definition) is 2. The molecule has 2 fully saturated rings. The Kier molecular flexibility index (Phi) is 5.59. The number of allylic oxidation sites excluding steroid dienone is 2. The van der Waals surface area contributed by atoms with Gasteiger partial charge in [-0.1, -0.05) is 32.3 Å². The molecule has 1 heterocycles. The quantitative estimate of drug-likeness (QED) is 0.495. The van der Waals surface area contributed by atoms with Crippen molar-refractivity contribution < 1.29 is 9.31 Å². The second-order valence-corrected chi connectivity index (χ2v) is 5.25. The van der Waals surface area contributed by atoms with Crippen LogP contribution in [-0.2, 0) is 9.31 Å². The van der Waals surface area contributed by atoms with E-state index in [2.05, 4.69) is 13.0 Å².